The van der Waals surface area contributed by atoms with Crippen molar-refractivity contribution < 1.29 is 9.47 Å². The van der Waals surface area contributed by atoms with E-state index in [0.717, 1.165) is 30.2 Å². The SMILES string of the molecule is CCOc1cccc(CNCC(C)SC)c1OC. The summed E-state index contributed by atoms with van der Waals surface area (Å²) in [5.41, 5.74) is 1.14. The van der Waals surface area contributed by atoms with Gasteiger partial charge in [-0.05, 0) is 19.2 Å². The third-order valence-electron chi connectivity index (χ3n) is 2.71. The number of ether oxygens (including phenoxy) is 2. The Balaban J connectivity index is 2.66. The molecule has 0 aliphatic rings. The van der Waals surface area contributed by atoms with E-state index >= 15 is 0 Å². The molecule has 1 rings (SSSR count). The van der Waals surface area contributed by atoms with Crippen LogP contribution in [0.4, 0.5) is 0 Å². The van der Waals surface area contributed by atoms with Gasteiger partial charge in [0.05, 0.1) is 13.7 Å². The van der Waals surface area contributed by atoms with Crippen molar-refractivity contribution >= 4 is 11.8 Å². The molecule has 1 N–H and O–H groups in total. The minimum absolute atomic E-state index is 0.617. The second kappa shape index (κ2) is 8.27. The Morgan fingerprint density at radius 2 is 2.17 bits per heavy atom. The summed E-state index contributed by atoms with van der Waals surface area (Å²) in [5, 5.41) is 4.06. The van der Waals surface area contributed by atoms with Gasteiger partial charge in [0, 0.05) is 23.9 Å². The van der Waals surface area contributed by atoms with Gasteiger partial charge in [0.1, 0.15) is 0 Å². The molecule has 1 aromatic rings. The summed E-state index contributed by atoms with van der Waals surface area (Å²) in [7, 11) is 1.69. The molecule has 0 aliphatic heterocycles. The molecule has 3 nitrogen and oxygen atoms in total. The number of nitrogens with one attached hydrogen (secondary N) is 1. The molecule has 0 heterocycles. The van der Waals surface area contributed by atoms with Gasteiger partial charge in [-0.15, -0.1) is 0 Å². The van der Waals surface area contributed by atoms with E-state index in [2.05, 4.69) is 24.6 Å². The Morgan fingerprint density at radius 1 is 1.39 bits per heavy atom. The second-order valence-corrected chi connectivity index (χ2v) is 5.33. The first-order valence-electron chi connectivity index (χ1n) is 6.25. The Bertz CT molecular complexity index is 358. The Morgan fingerprint density at radius 3 is 2.78 bits per heavy atom. The monoisotopic (exact) mass is 269 g/mol. The van der Waals surface area contributed by atoms with Crippen molar-refractivity contribution in [1.82, 2.24) is 5.32 Å². The highest BCUT2D eigenvalue weighted by molar-refractivity contribution is 7.99. The second-order valence-electron chi connectivity index (χ2n) is 4.06. The van der Waals surface area contributed by atoms with Crippen LogP contribution in [0.2, 0.25) is 0 Å². The Hall–Kier alpha value is -0.870. The maximum atomic E-state index is 5.56. The summed E-state index contributed by atoms with van der Waals surface area (Å²) in [4.78, 5) is 0. The molecule has 0 aromatic heterocycles. The average molecular weight is 269 g/mol. The van der Waals surface area contributed by atoms with E-state index < -0.39 is 0 Å². The molecule has 0 amide bonds. The highest BCUT2D eigenvalue weighted by Gasteiger charge is 2.09. The van der Waals surface area contributed by atoms with Crippen LogP contribution in [0, 0.1) is 0 Å². The van der Waals surface area contributed by atoms with Crippen molar-refractivity contribution in [2.75, 3.05) is 26.5 Å². The molecule has 1 atom stereocenters. The molecule has 0 saturated carbocycles. The maximum Gasteiger partial charge on any atom is 0.165 e. The summed E-state index contributed by atoms with van der Waals surface area (Å²) in [6.07, 6.45) is 2.13. The van der Waals surface area contributed by atoms with Crippen LogP contribution >= 0.6 is 11.8 Å². The number of methoxy groups -OCH3 is 1. The van der Waals surface area contributed by atoms with Crippen LogP contribution < -0.4 is 14.8 Å². The largest absolute Gasteiger partial charge is 0.493 e. The fourth-order valence-electron chi connectivity index (χ4n) is 1.69. The van der Waals surface area contributed by atoms with E-state index in [-0.39, 0.29) is 0 Å². The molecule has 1 unspecified atom stereocenters. The fraction of sp³-hybridized carbons (Fsp3) is 0.571. The number of hydrogen-bond donors (Lipinski definition) is 1. The first-order chi connectivity index (χ1) is 8.72. The molecule has 0 aliphatic carbocycles. The third kappa shape index (κ3) is 4.42. The van der Waals surface area contributed by atoms with E-state index in [4.69, 9.17) is 9.47 Å². The number of rotatable bonds is 8. The normalized spacial score (nSPS) is 12.2. The molecule has 0 saturated heterocycles. The smallest absolute Gasteiger partial charge is 0.165 e. The minimum Gasteiger partial charge on any atom is -0.493 e. The van der Waals surface area contributed by atoms with Gasteiger partial charge in [0.2, 0.25) is 0 Å². The number of thioether (sulfide) groups is 1. The molecule has 4 heteroatoms. The zero-order valence-corrected chi connectivity index (χ0v) is 12.5. The first-order valence-corrected chi connectivity index (χ1v) is 7.53. The molecule has 0 radical (unpaired) electrons. The predicted molar refractivity (Wildman–Crippen MR) is 78.8 cm³/mol. The van der Waals surface area contributed by atoms with Crippen LogP contribution in [0.15, 0.2) is 18.2 Å². The van der Waals surface area contributed by atoms with Gasteiger partial charge in [-0.3, -0.25) is 0 Å². The van der Waals surface area contributed by atoms with Gasteiger partial charge < -0.3 is 14.8 Å². The lowest BCUT2D eigenvalue weighted by atomic mass is 10.2. The number of para-hydroxylation sites is 1. The fourth-order valence-corrected chi connectivity index (χ4v) is 1.98. The summed E-state index contributed by atoms with van der Waals surface area (Å²) in [5.74, 6) is 1.65. The summed E-state index contributed by atoms with van der Waals surface area (Å²) in [6, 6.07) is 6.01. The molecule has 1 aromatic carbocycles. The van der Waals surface area contributed by atoms with Crippen LogP contribution in [-0.2, 0) is 6.54 Å². The molecular weight excluding hydrogens is 246 g/mol. The molecule has 0 bridgehead atoms. The predicted octanol–water partition coefficient (Wildman–Crippen LogP) is 2.94. The van der Waals surface area contributed by atoms with Crippen molar-refractivity contribution in [2.45, 2.75) is 25.6 Å². The standard InChI is InChI=1S/C14H23NO2S/c1-5-17-13-8-6-7-12(14(13)16-3)10-15-9-11(2)18-4/h6-8,11,15H,5,9-10H2,1-4H3. The molecule has 0 spiro atoms. The molecule has 102 valence electrons. The van der Waals surface area contributed by atoms with Gasteiger partial charge in [0.25, 0.3) is 0 Å². The van der Waals surface area contributed by atoms with Crippen molar-refractivity contribution in [1.29, 1.82) is 0 Å². The first kappa shape index (κ1) is 15.2. The van der Waals surface area contributed by atoms with Crippen molar-refractivity contribution in [2.24, 2.45) is 0 Å². The van der Waals surface area contributed by atoms with Crippen molar-refractivity contribution in [3.05, 3.63) is 23.8 Å². The van der Waals surface area contributed by atoms with E-state index in [1.807, 2.05) is 30.8 Å². The lowest BCUT2D eigenvalue weighted by Crippen LogP contribution is -2.22. The number of benzene rings is 1. The average Bonchev–Trinajstić information content (AvgIpc) is 2.39. The third-order valence-corrected chi connectivity index (χ3v) is 3.69. The summed E-state index contributed by atoms with van der Waals surface area (Å²) >= 11 is 1.86. The van der Waals surface area contributed by atoms with Crippen molar-refractivity contribution in [3.63, 3.8) is 0 Å². The zero-order chi connectivity index (χ0) is 13.4. The maximum absolute atomic E-state index is 5.56. The van der Waals surface area contributed by atoms with Crippen LogP contribution in [0.3, 0.4) is 0 Å². The van der Waals surface area contributed by atoms with Gasteiger partial charge >= 0.3 is 0 Å². The van der Waals surface area contributed by atoms with Crippen LogP contribution in [0.1, 0.15) is 19.4 Å². The lowest BCUT2D eigenvalue weighted by molar-refractivity contribution is 0.308. The van der Waals surface area contributed by atoms with Crippen LogP contribution in [0.25, 0.3) is 0 Å². The highest BCUT2D eigenvalue weighted by Crippen LogP contribution is 2.30. The molecule has 0 fully saturated rings. The highest BCUT2D eigenvalue weighted by atomic mass is 32.2. The quantitative estimate of drug-likeness (QED) is 0.786. The minimum atomic E-state index is 0.617. The Kier molecular flexibility index (Phi) is 6.98. The van der Waals surface area contributed by atoms with E-state index in [9.17, 15) is 0 Å². The number of hydrogen-bond acceptors (Lipinski definition) is 4. The topological polar surface area (TPSA) is 30.5 Å². The van der Waals surface area contributed by atoms with E-state index in [1.165, 1.54) is 0 Å². The van der Waals surface area contributed by atoms with Crippen molar-refractivity contribution in [3.8, 4) is 11.5 Å². The van der Waals surface area contributed by atoms with E-state index in [1.54, 1.807) is 7.11 Å². The molecule has 18 heavy (non-hydrogen) atoms. The van der Waals surface area contributed by atoms with Gasteiger partial charge in [-0.1, -0.05) is 19.1 Å². The lowest BCUT2D eigenvalue weighted by Gasteiger charge is -2.15. The molecular formula is C14H23NO2S. The summed E-state index contributed by atoms with van der Waals surface area (Å²) in [6.45, 7) is 6.63. The van der Waals surface area contributed by atoms with Gasteiger partial charge in [-0.2, -0.15) is 11.8 Å². The zero-order valence-electron chi connectivity index (χ0n) is 11.7. The van der Waals surface area contributed by atoms with Crippen LogP contribution in [-0.4, -0.2) is 31.8 Å². The summed E-state index contributed by atoms with van der Waals surface area (Å²) < 4.78 is 11.0. The van der Waals surface area contributed by atoms with E-state index in [0.29, 0.717) is 11.9 Å². The van der Waals surface area contributed by atoms with Gasteiger partial charge in [-0.25, -0.2) is 0 Å². The Labute approximate surface area is 114 Å². The van der Waals surface area contributed by atoms with Crippen LogP contribution in [0.5, 0.6) is 11.5 Å². The van der Waals surface area contributed by atoms with Gasteiger partial charge in [0.15, 0.2) is 11.5 Å².